The second-order valence-corrected chi connectivity index (χ2v) is 19.0. The lowest BCUT2D eigenvalue weighted by Gasteiger charge is -2.31. The van der Waals surface area contributed by atoms with Gasteiger partial charge in [0.2, 0.25) is 17.6 Å². The highest BCUT2D eigenvalue weighted by Gasteiger charge is 2.20. The molecule has 14 heteroatoms. The van der Waals surface area contributed by atoms with Crippen molar-refractivity contribution in [3.8, 4) is 45.0 Å². The highest BCUT2D eigenvalue weighted by molar-refractivity contribution is 14.1. The first-order valence-electron chi connectivity index (χ1n) is 22.0. The number of tetrazole rings is 2. The minimum atomic E-state index is -0.0416. The summed E-state index contributed by atoms with van der Waals surface area (Å²) in [6, 6.07) is 36.6. The van der Waals surface area contributed by atoms with E-state index in [1.54, 1.807) is 0 Å². The Bertz CT molecular complexity index is 2520. The zero-order valence-electron chi connectivity index (χ0n) is 38.2. The topological polar surface area (TPSA) is 171 Å². The monoisotopic (exact) mass is 972 g/mol. The first-order valence-corrected chi connectivity index (χ1v) is 23.1. The van der Waals surface area contributed by atoms with E-state index in [9.17, 15) is 4.79 Å². The van der Waals surface area contributed by atoms with Gasteiger partial charge in [-0.25, -0.2) is 0 Å². The molecule has 2 heterocycles. The zero-order valence-corrected chi connectivity index (χ0v) is 40.3. The highest BCUT2D eigenvalue weighted by Crippen LogP contribution is 2.37. The van der Waals surface area contributed by atoms with E-state index in [0.717, 1.165) is 91.4 Å². The number of aromatic amines is 2. The van der Waals surface area contributed by atoms with Gasteiger partial charge in [0.15, 0.2) is 0 Å². The molecule has 7 aromatic rings. The Labute approximate surface area is 391 Å². The van der Waals surface area contributed by atoms with Crippen LogP contribution in [0.2, 0.25) is 0 Å². The summed E-state index contributed by atoms with van der Waals surface area (Å²) in [7, 11) is 0. The molecule has 1 amide bonds. The molecule has 0 fully saturated rings. The van der Waals surface area contributed by atoms with E-state index in [-0.39, 0.29) is 5.91 Å². The van der Waals surface area contributed by atoms with Gasteiger partial charge in [0, 0.05) is 40.9 Å². The minimum Gasteiger partial charge on any atom is -0.397 e. The summed E-state index contributed by atoms with van der Waals surface area (Å²) < 4.78 is 1.15. The van der Waals surface area contributed by atoms with Gasteiger partial charge in [0.05, 0.1) is 29.2 Å². The lowest BCUT2D eigenvalue weighted by atomic mass is 9.97. The van der Waals surface area contributed by atoms with Gasteiger partial charge in [-0.2, -0.15) is 10.4 Å². The summed E-state index contributed by atoms with van der Waals surface area (Å²) in [6.07, 6.45) is 0.314. The lowest BCUT2D eigenvalue weighted by molar-refractivity contribution is -0.115. The number of hydrogen-bond acceptors (Lipinski definition) is 10. The zero-order chi connectivity index (χ0) is 45.8. The van der Waals surface area contributed by atoms with Crippen molar-refractivity contribution in [1.29, 1.82) is 0 Å². The van der Waals surface area contributed by atoms with E-state index >= 15 is 0 Å². The normalized spacial score (nSPS) is 11.3. The molecule has 0 aliphatic rings. The lowest BCUT2D eigenvalue weighted by Crippen LogP contribution is -2.32. The molecule has 0 aliphatic heterocycles. The summed E-state index contributed by atoms with van der Waals surface area (Å²) in [4.78, 5) is 18.0. The Morgan fingerprint density at radius 2 is 1.03 bits per heavy atom. The standard InChI is InChI=1S/C29H33IN6O.C21H28N6/c1-19(2)17-36(18-20(3)4)27-14-11-22(24-7-5-6-8-25(24)29-32-34-35-33-29)16-26(27)31-28(37)15-21-9-12-23(30)13-10-21;1-14(2)12-27(13-15(3)4)20-10-9-16(11-19(20)22)17-7-5-6-8-18(17)21-23-25-26-24-21/h5-14,16,19-20H,15,17-18H2,1-4H3,(H,31,37)(H,32,33,34,35);5-11,14-15H,12-13,22H2,1-4H3,(H,23,24,25,26). The smallest absolute Gasteiger partial charge is 0.228 e. The van der Waals surface area contributed by atoms with Crippen molar-refractivity contribution in [3.63, 3.8) is 0 Å². The Hall–Kier alpha value is -6.16. The quantitative estimate of drug-likeness (QED) is 0.0509. The second-order valence-electron chi connectivity index (χ2n) is 17.8. The van der Waals surface area contributed by atoms with Crippen LogP contribution in [0.1, 0.15) is 61.0 Å². The molecule has 0 bridgehead atoms. The van der Waals surface area contributed by atoms with E-state index < -0.39 is 0 Å². The summed E-state index contributed by atoms with van der Waals surface area (Å²) in [5, 5.41) is 32.3. The van der Waals surface area contributed by atoms with Gasteiger partial charge in [-0.1, -0.05) is 128 Å². The highest BCUT2D eigenvalue weighted by atomic mass is 127. The van der Waals surface area contributed by atoms with Crippen molar-refractivity contribution in [2.24, 2.45) is 23.7 Å². The number of aromatic nitrogens is 8. The third-order valence-corrected chi connectivity index (χ3v) is 11.0. The van der Waals surface area contributed by atoms with Gasteiger partial charge in [-0.05, 0) is 121 Å². The van der Waals surface area contributed by atoms with Crippen LogP contribution >= 0.6 is 22.6 Å². The molecule has 0 saturated heterocycles. The number of H-pyrrole nitrogens is 2. The van der Waals surface area contributed by atoms with E-state index in [1.807, 2.05) is 72.8 Å². The van der Waals surface area contributed by atoms with Crippen molar-refractivity contribution in [2.45, 2.75) is 61.8 Å². The molecule has 64 heavy (non-hydrogen) atoms. The van der Waals surface area contributed by atoms with E-state index in [4.69, 9.17) is 5.73 Å². The number of amides is 1. The predicted octanol–water partition coefficient (Wildman–Crippen LogP) is 10.7. The average molecular weight is 973 g/mol. The van der Waals surface area contributed by atoms with Gasteiger partial charge in [-0.3, -0.25) is 4.79 Å². The molecule has 2 aromatic heterocycles. The number of hydrogen-bond donors (Lipinski definition) is 4. The van der Waals surface area contributed by atoms with Crippen molar-refractivity contribution >= 4 is 51.2 Å². The summed E-state index contributed by atoms with van der Waals surface area (Å²) >= 11 is 2.27. The first-order chi connectivity index (χ1) is 30.7. The number of nitrogens with one attached hydrogen (secondary N) is 3. The SMILES string of the molecule is CC(C)CN(CC(C)C)c1ccc(-c2ccccc2-c2nn[nH]n2)cc1N.CC(C)CN(CC(C)C)c1ccc(-c2ccccc2-c2nn[nH]n2)cc1NC(=O)Cc1ccc(I)cc1. The maximum Gasteiger partial charge on any atom is 0.228 e. The van der Waals surface area contributed by atoms with Crippen LogP contribution in [0.25, 0.3) is 45.0 Å². The Morgan fingerprint density at radius 1 is 0.594 bits per heavy atom. The van der Waals surface area contributed by atoms with Gasteiger partial charge in [-0.15, -0.1) is 20.4 Å². The number of rotatable bonds is 17. The van der Waals surface area contributed by atoms with Crippen LogP contribution in [-0.2, 0) is 11.2 Å². The number of nitrogen functional groups attached to an aromatic ring is 1. The fourth-order valence-corrected chi connectivity index (χ4v) is 8.15. The molecule has 0 radical (unpaired) electrons. The summed E-state index contributed by atoms with van der Waals surface area (Å²) in [5.41, 5.74) is 17.0. The third kappa shape index (κ3) is 13.0. The molecule has 0 saturated carbocycles. The molecule has 0 spiro atoms. The summed E-state index contributed by atoms with van der Waals surface area (Å²) in [6.45, 7) is 21.6. The molecule has 0 aliphatic carbocycles. The van der Waals surface area contributed by atoms with Crippen molar-refractivity contribution in [2.75, 3.05) is 47.0 Å². The second kappa shape index (κ2) is 22.5. The number of anilines is 4. The van der Waals surface area contributed by atoms with Crippen LogP contribution < -0.4 is 20.9 Å². The molecule has 5 N–H and O–H groups in total. The van der Waals surface area contributed by atoms with E-state index in [0.29, 0.717) is 41.7 Å². The van der Waals surface area contributed by atoms with Gasteiger partial charge in [0.1, 0.15) is 0 Å². The maximum atomic E-state index is 13.2. The van der Waals surface area contributed by atoms with E-state index in [1.165, 1.54) is 0 Å². The Balaban J connectivity index is 0.000000223. The number of nitrogens with zero attached hydrogens (tertiary/aromatic N) is 8. The third-order valence-electron chi connectivity index (χ3n) is 10.2. The number of carbonyl (C=O) groups excluding carboxylic acids is 1. The van der Waals surface area contributed by atoms with Crippen LogP contribution in [0.3, 0.4) is 0 Å². The van der Waals surface area contributed by atoms with Gasteiger partial charge < -0.3 is 20.9 Å². The number of halogens is 1. The number of nitrogens with two attached hydrogens (primary N) is 1. The van der Waals surface area contributed by atoms with Crippen LogP contribution in [-0.4, -0.2) is 73.3 Å². The molecular formula is C50H61IN12O. The number of carbonyl (C=O) groups is 1. The molecular weight excluding hydrogens is 912 g/mol. The molecule has 0 unspecified atom stereocenters. The first kappa shape index (κ1) is 47.3. The molecule has 0 atom stereocenters. The Kier molecular flexibility index (Phi) is 16.6. The van der Waals surface area contributed by atoms with Crippen LogP contribution in [0, 0.1) is 27.2 Å². The average Bonchev–Trinajstić information content (AvgIpc) is 4.00. The Morgan fingerprint density at radius 3 is 1.47 bits per heavy atom. The van der Waals surface area contributed by atoms with Crippen molar-refractivity contribution < 1.29 is 4.79 Å². The van der Waals surface area contributed by atoms with Gasteiger partial charge in [0.25, 0.3) is 0 Å². The summed E-state index contributed by atoms with van der Waals surface area (Å²) in [5.74, 6) is 3.17. The molecule has 334 valence electrons. The van der Waals surface area contributed by atoms with Crippen molar-refractivity contribution in [3.05, 3.63) is 118 Å². The number of benzene rings is 5. The fraction of sp³-hybridized carbons (Fsp3) is 0.340. The maximum absolute atomic E-state index is 13.2. The fourth-order valence-electron chi connectivity index (χ4n) is 7.79. The molecule has 13 nitrogen and oxygen atoms in total. The minimum absolute atomic E-state index is 0.0416. The van der Waals surface area contributed by atoms with Crippen LogP contribution in [0.15, 0.2) is 109 Å². The predicted molar refractivity (Wildman–Crippen MR) is 270 cm³/mol. The van der Waals surface area contributed by atoms with Gasteiger partial charge >= 0.3 is 0 Å². The van der Waals surface area contributed by atoms with Crippen LogP contribution in [0.5, 0.6) is 0 Å². The van der Waals surface area contributed by atoms with Crippen LogP contribution in [0.4, 0.5) is 22.7 Å². The largest absolute Gasteiger partial charge is 0.397 e. The van der Waals surface area contributed by atoms with E-state index in [2.05, 4.69) is 171 Å². The molecule has 7 rings (SSSR count). The molecule has 5 aromatic carbocycles. The van der Waals surface area contributed by atoms with Crippen molar-refractivity contribution in [1.82, 2.24) is 41.2 Å².